The molecule has 2 amide bonds. The van der Waals surface area contributed by atoms with Gasteiger partial charge in [-0.05, 0) is 55.6 Å². The van der Waals surface area contributed by atoms with Crippen molar-refractivity contribution in [3.63, 3.8) is 0 Å². The van der Waals surface area contributed by atoms with Gasteiger partial charge in [-0.1, -0.05) is 0 Å². The molecule has 0 radical (unpaired) electrons. The third kappa shape index (κ3) is 2.95. The minimum atomic E-state index is -0.475. The van der Waals surface area contributed by atoms with Crippen LogP contribution in [0.25, 0.3) is 0 Å². The van der Waals surface area contributed by atoms with Gasteiger partial charge in [0, 0.05) is 32.4 Å². The van der Waals surface area contributed by atoms with Crippen molar-refractivity contribution in [2.45, 2.75) is 38.2 Å². The quantitative estimate of drug-likeness (QED) is 0.894. The molecule has 3 aliphatic rings. The number of hydrogen-bond acceptors (Lipinski definition) is 5. The van der Waals surface area contributed by atoms with Crippen molar-refractivity contribution in [3.05, 3.63) is 17.1 Å². The lowest BCUT2D eigenvalue weighted by Crippen LogP contribution is -2.58. The molecule has 1 aromatic rings. The fourth-order valence-corrected chi connectivity index (χ4v) is 4.65. The first kappa shape index (κ1) is 16.0. The number of aliphatic hydroxyl groups excluding tert-OH is 1. The van der Waals surface area contributed by atoms with E-state index in [-0.39, 0.29) is 11.8 Å². The first-order chi connectivity index (χ1) is 11.6. The van der Waals surface area contributed by atoms with Crippen molar-refractivity contribution in [1.29, 1.82) is 0 Å². The topological polar surface area (TPSA) is 73.7 Å². The Balaban J connectivity index is 1.44. The van der Waals surface area contributed by atoms with Gasteiger partial charge in [-0.3, -0.25) is 9.59 Å². The molecule has 3 heterocycles. The lowest BCUT2D eigenvalue weighted by atomic mass is 9.70. The number of carbonyl (C=O) groups excluding carboxylic acids is 2. The second-order valence-corrected chi connectivity index (χ2v) is 8.29. The van der Waals surface area contributed by atoms with Gasteiger partial charge in [0.25, 0.3) is 5.91 Å². The number of aliphatic hydroxyl groups is 1. The summed E-state index contributed by atoms with van der Waals surface area (Å²) in [5.41, 5.74) is -0.475. The zero-order chi connectivity index (χ0) is 16.7. The Bertz CT molecular complexity index is 619. The standard InChI is InChI=1S/C17H23N3O3S/c21-13-9-17(16(23)20(11-13)10-12-1-2-12)4-7-19(8-5-17)15(22)14-3-6-18-24-14/h3,6,12-13,21H,1-2,4-5,7-11H2. The van der Waals surface area contributed by atoms with Crippen molar-refractivity contribution >= 4 is 23.3 Å². The molecule has 6 nitrogen and oxygen atoms in total. The van der Waals surface area contributed by atoms with E-state index in [1.165, 1.54) is 24.4 Å². The van der Waals surface area contributed by atoms with Crippen LogP contribution in [0.4, 0.5) is 0 Å². The molecule has 1 aromatic heterocycles. The van der Waals surface area contributed by atoms with Crippen LogP contribution in [-0.2, 0) is 4.79 Å². The number of piperidine rings is 2. The van der Waals surface area contributed by atoms with Crippen LogP contribution in [0.1, 0.15) is 41.8 Å². The Kier molecular flexibility index (Phi) is 4.08. The molecule has 2 saturated heterocycles. The van der Waals surface area contributed by atoms with Crippen LogP contribution in [0.15, 0.2) is 12.3 Å². The SMILES string of the molecule is O=C(c1ccns1)N1CCC2(CC1)CC(O)CN(CC1CC1)C2=O. The molecule has 0 bridgehead atoms. The highest BCUT2D eigenvalue weighted by Gasteiger charge is 2.49. The van der Waals surface area contributed by atoms with Crippen LogP contribution < -0.4 is 0 Å². The van der Waals surface area contributed by atoms with Crippen LogP contribution in [0, 0.1) is 11.3 Å². The average molecular weight is 349 g/mol. The lowest BCUT2D eigenvalue weighted by Gasteiger charge is -2.48. The fraction of sp³-hybridized carbons (Fsp3) is 0.706. The summed E-state index contributed by atoms with van der Waals surface area (Å²) >= 11 is 1.21. The van der Waals surface area contributed by atoms with Gasteiger partial charge in [-0.15, -0.1) is 0 Å². The average Bonchev–Trinajstić information content (AvgIpc) is 3.22. The van der Waals surface area contributed by atoms with E-state index in [1.54, 1.807) is 12.3 Å². The molecule has 1 atom stereocenters. The monoisotopic (exact) mass is 349 g/mol. The van der Waals surface area contributed by atoms with E-state index in [0.717, 1.165) is 6.54 Å². The maximum Gasteiger partial charge on any atom is 0.265 e. The van der Waals surface area contributed by atoms with Gasteiger partial charge < -0.3 is 14.9 Å². The maximum absolute atomic E-state index is 13.0. The molecule has 24 heavy (non-hydrogen) atoms. The van der Waals surface area contributed by atoms with Crippen LogP contribution in [0.3, 0.4) is 0 Å². The normalized spacial score (nSPS) is 26.9. The highest BCUT2D eigenvalue weighted by Crippen LogP contribution is 2.42. The van der Waals surface area contributed by atoms with Crippen LogP contribution in [0.2, 0.25) is 0 Å². The van der Waals surface area contributed by atoms with E-state index in [1.807, 2.05) is 9.80 Å². The second-order valence-electron chi connectivity index (χ2n) is 7.46. The Morgan fingerprint density at radius 2 is 2.12 bits per heavy atom. The molecule has 2 aliphatic heterocycles. The van der Waals surface area contributed by atoms with E-state index in [2.05, 4.69) is 4.37 Å². The van der Waals surface area contributed by atoms with Gasteiger partial charge in [-0.25, -0.2) is 4.37 Å². The number of nitrogens with zero attached hydrogens (tertiary/aromatic N) is 3. The second kappa shape index (κ2) is 6.11. The van der Waals surface area contributed by atoms with Gasteiger partial charge >= 0.3 is 0 Å². The predicted molar refractivity (Wildman–Crippen MR) is 89.6 cm³/mol. The highest BCUT2D eigenvalue weighted by atomic mass is 32.1. The van der Waals surface area contributed by atoms with Gasteiger partial charge in [0.05, 0.1) is 11.5 Å². The largest absolute Gasteiger partial charge is 0.391 e. The van der Waals surface area contributed by atoms with E-state index in [9.17, 15) is 14.7 Å². The molecule has 1 spiro atoms. The molecule has 3 fully saturated rings. The summed E-state index contributed by atoms with van der Waals surface area (Å²) in [5.74, 6) is 0.833. The Hall–Kier alpha value is -1.47. The fourth-order valence-electron chi connectivity index (χ4n) is 4.08. The van der Waals surface area contributed by atoms with E-state index in [4.69, 9.17) is 0 Å². The zero-order valence-electron chi connectivity index (χ0n) is 13.7. The predicted octanol–water partition coefficient (Wildman–Crippen LogP) is 1.37. The summed E-state index contributed by atoms with van der Waals surface area (Å²) < 4.78 is 3.99. The van der Waals surface area contributed by atoms with E-state index < -0.39 is 11.5 Å². The molecule has 1 aliphatic carbocycles. The zero-order valence-corrected chi connectivity index (χ0v) is 14.5. The summed E-state index contributed by atoms with van der Waals surface area (Å²) in [4.78, 5) is 29.8. The molecular weight excluding hydrogens is 326 g/mol. The van der Waals surface area contributed by atoms with Crippen molar-refractivity contribution in [1.82, 2.24) is 14.2 Å². The summed E-state index contributed by atoms with van der Waals surface area (Å²) in [7, 11) is 0. The maximum atomic E-state index is 13.0. The molecule has 0 aromatic carbocycles. The smallest absolute Gasteiger partial charge is 0.265 e. The Labute approximate surface area is 145 Å². The molecular formula is C17H23N3O3S. The van der Waals surface area contributed by atoms with Gasteiger partial charge in [0.15, 0.2) is 0 Å². The first-order valence-electron chi connectivity index (χ1n) is 8.75. The minimum Gasteiger partial charge on any atom is -0.391 e. The van der Waals surface area contributed by atoms with E-state index >= 15 is 0 Å². The van der Waals surface area contributed by atoms with Crippen molar-refractivity contribution in [2.75, 3.05) is 26.2 Å². The molecule has 1 unspecified atom stereocenters. The minimum absolute atomic E-state index is 0.00555. The number of aromatic nitrogens is 1. The van der Waals surface area contributed by atoms with Crippen LogP contribution in [0.5, 0.6) is 0 Å². The van der Waals surface area contributed by atoms with E-state index in [0.29, 0.717) is 49.7 Å². The van der Waals surface area contributed by atoms with Crippen molar-refractivity contribution in [3.8, 4) is 0 Å². The number of amides is 2. The van der Waals surface area contributed by atoms with Gasteiger partial charge in [-0.2, -0.15) is 0 Å². The van der Waals surface area contributed by atoms with Gasteiger partial charge in [0.1, 0.15) is 4.88 Å². The number of likely N-dealkylation sites (tertiary alicyclic amines) is 2. The summed E-state index contributed by atoms with van der Waals surface area (Å²) in [5, 5.41) is 10.3. The molecule has 4 rings (SSSR count). The van der Waals surface area contributed by atoms with Crippen molar-refractivity contribution < 1.29 is 14.7 Å². The van der Waals surface area contributed by atoms with Crippen molar-refractivity contribution in [2.24, 2.45) is 11.3 Å². The van der Waals surface area contributed by atoms with Crippen LogP contribution in [-0.4, -0.2) is 63.4 Å². The first-order valence-corrected chi connectivity index (χ1v) is 9.52. The molecule has 130 valence electrons. The highest BCUT2D eigenvalue weighted by molar-refractivity contribution is 7.08. The molecule has 1 N–H and O–H groups in total. The summed E-state index contributed by atoms with van der Waals surface area (Å²) in [6.45, 7) is 2.42. The molecule has 1 saturated carbocycles. The third-order valence-electron chi connectivity index (χ3n) is 5.63. The number of hydrogen-bond donors (Lipinski definition) is 1. The molecule has 7 heteroatoms. The summed E-state index contributed by atoms with van der Waals surface area (Å²) in [6.07, 6.45) is 5.43. The van der Waals surface area contributed by atoms with Gasteiger partial charge in [0.2, 0.25) is 5.91 Å². The number of rotatable bonds is 3. The Morgan fingerprint density at radius 3 is 2.75 bits per heavy atom. The number of carbonyl (C=O) groups is 2. The third-order valence-corrected chi connectivity index (χ3v) is 6.36. The summed E-state index contributed by atoms with van der Waals surface area (Å²) in [6, 6.07) is 1.74. The Morgan fingerprint density at radius 1 is 1.38 bits per heavy atom. The lowest BCUT2D eigenvalue weighted by molar-refractivity contribution is -0.156. The van der Waals surface area contributed by atoms with Crippen LogP contribution >= 0.6 is 11.5 Å². The number of β-amino-alcohol motifs (C(OH)–C–C–N with tert-alkyl or cyclic N) is 1.